The Hall–Kier alpha value is -3.07. The number of anilines is 1. The van der Waals surface area contributed by atoms with Crippen LogP contribution < -0.4 is 9.62 Å². The topological polar surface area (TPSA) is 86.8 Å². The monoisotopic (exact) mass is 603 g/mol. The highest BCUT2D eigenvalue weighted by molar-refractivity contribution is 7.92. The third-order valence-electron chi connectivity index (χ3n) is 6.65. The van der Waals surface area contributed by atoms with Crippen LogP contribution >= 0.6 is 23.2 Å². The number of carbonyl (C=O) groups is 2. The molecule has 3 aromatic rings. The van der Waals surface area contributed by atoms with Crippen LogP contribution in [0, 0.1) is 20.8 Å². The van der Waals surface area contributed by atoms with E-state index in [1.54, 1.807) is 49.4 Å². The van der Waals surface area contributed by atoms with Crippen molar-refractivity contribution in [1.82, 2.24) is 10.2 Å². The predicted octanol–water partition coefficient (Wildman–Crippen LogP) is 6.06. The van der Waals surface area contributed by atoms with E-state index in [0.29, 0.717) is 21.3 Å². The molecule has 0 aliphatic rings. The van der Waals surface area contributed by atoms with Gasteiger partial charge < -0.3 is 10.2 Å². The van der Waals surface area contributed by atoms with Gasteiger partial charge >= 0.3 is 0 Å². The summed E-state index contributed by atoms with van der Waals surface area (Å²) in [5.41, 5.74) is 3.56. The summed E-state index contributed by atoms with van der Waals surface area (Å²) in [6.45, 7) is 10.3. The molecule has 0 saturated carbocycles. The summed E-state index contributed by atoms with van der Waals surface area (Å²) in [5.74, 6) is -0.970. The summed E-state index contributed by atoms with van der Waals surface area (Å²) in [6, 6.07) is 15.5. The SMILES string of the molecule is Cc1ccc(S(=O)(=O)N(CC(=O)N(Cc2c(Cl)cccc2Cl)[C@@H](C)C(=O)NC(C)C)c2ccc(C)c(C)c2)cc1. The molecule has 2 amide bonds. The highest BCUT2D eigenvalue weighted by Crippen LogP contribution is 2.29. The van der Waals surface area contributed by atoms with E-state index in [1.807, 2.05) is 40.7 Å². The summed E-state index contributed by atoms with van der Waals surface area (Å²) in [6.07, 6.45) is 0. The van der Waals surface area contributed by atoms with E-state index in [1.165, 1.54) is 17.0 Å². The Morgan fingerprint density at radius 2 is 1.48 bits per heavy atom. The fourth-order valence-corrected chi connectivity index (χ4v) is 6.01. The third kappa shape index (κ3) is 7.36. The van der Waals surface area contributed by atoms with E-state index in [2.05, 4.69) is 5.32 Å². The van der Waals surface area contributed by atoms with E-state index >= 15 is 0 Å². The number of aryl methyl sites for hydroxylation is 3. The summed E-state index contributed by atoms with van der Waals surface area (Å²) < 4.78 is 29.0. The minimum Gasteiger partial charge on any atom is -0.352 e. The smallest absolute Gasteiger partial charge is 0.264 e. The van der Waals surface area contributed by atoms with Crippen molar-refractivity contribution in [3.63, 3.8) is 0 Å². The minimum atomic E-state index is -4.15. The molecule has 0 aromatic heterocycles. The Kier molecular flexibility index (Phi) is 10.3. The highest BCUT2D eigenvalue weighted by atomic mass is 35.5. The van der Waals surface area contributed by atoms with Gasteiger partial charge in [0.05, 0.1) is 10.6 Å². The van der Waals surface area contributed by atoms with Gasteiger partial charge in [-0.05, 0) is 89.1 Å². The lowest BCUT2D eigenvalue weighted by Gasteiger charge is -2.32. The Morgan fingerprint density at radius 3 is 2.02 bits per heavy atom. The normalized spacial score (nSPS) is 12.2. The van der Waals surface area contributed by atoms with Crippen molar-refractivity contribution >= 4 is 50.7 Å². The van der Waals surface area contributed by atoms with Gasteiger partial charge in [-0.3, -0.25) is 13.9 Å². The van der Waals surface area contributed by atoms with Crippen molar-refractivity contribution in [2.75, 3.05) is 10.8 Å². The van der Waals surface area contributed by atoms with Crippen LogP contribution in [0.4, 0.5) is 5.69 Å². The maximum absolute atomic E-state index is 14.0. The fourth-order valence-electron chi connectivity index (χ4n) is 4.09. The zero-order valence-corrected chi connectivity index (χ0v) is 25.9. The second kappa shape index (κ2) is 13.1. The van der Waals surface area contributed by atoms with Crippen molar-refractivity contribution < 1.29 is 18.0 Å². The fraction of sp³-hybridized carbons (Fsp3) is 0.333. The zero-order chi connectivity index (χ0) is 29.8. The number of amides is 2. The van der Waals surface area contributed by atoms with Crippen LogP contribution in [-0.4, -0.2) is 43.8 Å². The number of halogens is 2. The summed E-state index contributed by atoms with van der Waals surface area (Å²) >= 11 is 12.8. The van der Waals surface area contributed by atoms with Crippen LogP contribution in [0.2, 0.25) is 10.0 Å². The van der Waals surface area contributed by atoms with Gasteiger partial charge in [0.2, 0.25) is 11.8 Å². The number of carbonyl (C=O) groups excluding carboxylic acids is 2. The molecule has 1 N–H and O–H groups in total. The van der Waals surface area contributed by atoms with Crippen LogP contribution in [0.3, 0.4) is 0 Å². The first-order chi connectivity index (χ1) is 18.7. The van der Waals surface area contributed by atoms with Gasteiger partial charge in [-0.2, -0.15) is 0 Å². The van der Waals surface area contributed by atoms with E-state index in [0.717, 1.165) is 21.0 Å². The largest absolute Gasteiger partial charge is 0.352 e. The maximum atomic E-state index is 14.0. The number of benzene rings is 3. The van der Waals surface area contributed by atoms with Crippen molar-refractivity contribution in [3.8, 4) is 0 Å². The van der Waals surface area contributed by atoms with Crippen molar-refractivity contribution in [1.29, 1.82) is 0 Å². The minimum absolute atomic E-state index is 0.0513. The van der Waals surface area contributed by atoms with Crippen LogP contribution in [0.5, 0.6) is 0 Å². The van der Waals surface area contributed by atoms with Gasteiger partial charge in [0, 0.05) is 28.2 Å². The molecular weight excluding hydrogens is 569 g/mol. The van der Waals surface area contributed by atoms with Crippen molar-refractivity contribution in [3.05, 3.63) is 93.0 Å². The maximum Gasteiger partial charge on any atom is 0.264 e. The van der Waals surface area contributed by atoms with E-state index < -0.39 is 28.5 Å². The molecule has 0 saturated heterocycles. The van der Waals surface area contributed by atoms with Gasteiger partial charge in [-0.15, -0.1) is 0 Å². The molecule has 0 bridgehead atoms. The first-order valence-electron chi connectivity index (χ1n) is 12.9. The summed E-state index contributed by atoms with van der Waals surface area (Å²) in [4.78, 5) is 28.4. The van der Waals surface area contributed by atoms with E-state index in [9.17, 15) is 18.0 Å². The Bertz CT molecular complexity index is 1470. The molecule has 3 rings (SSSR count). The molecule has 40 heavy (non-hydrogen) atoms. The number of nitrogens with one attached hydrogen (secondary N) is 1. The lowest BCUT2D eigenvalue weighted by atomic mass is 10.1. The van der Waals surface area contributed by atoms with Gasteiger partial charge in [0.15, 0.2) is 0 Å². The number of rotatable bonds is 10. The molecule has 10 heteroatoms. The Morgan fingerprint density at radius 1 is 0.875 bits per heavy atom. The number of hydrogen-bond donors (Lipinski definition) is 1. The second-order valence-electron chi connectivity index (χ2n) is 10.2. The first-order valence-corrected chi connectivity index (χ1v) is 15.1. The molecule has 0 radical (unpaired) electrons. The van der Waals surface area contributed by atoms with Gasteiger partial charge in [0.25, 0.3) is 10.0 Å². The lowest BCUT2D eigenvalue weighted by Crippen LogP contribution is -2.52. The third-order valence-corrected chi connectivity index (χ3v) is 9.15. The van der Waals surface area contributed by atoms with Crippen LogP contribution in [0.15, 0.2) is 65.6 Å². The van der Waals surface area contributed by atoms with Crippen LogP contribution in [0.1, 0.15) is 43.0 Å². The van der Waals surface area contributed by atoms with Gasteiger partial charge in [-0.1, -0.05) is 53.0 Å². The van der Waals surface area contributed by atoms with Crippen molar-refractivity contribution in [2.45, 2.75) is 65.1 Å². The standard InChI is InChI=1S/C30H35Cl2N3O4S/c1-19(2)33-30(37)23(6)34(17-26-27(31)8-7-9-28(26)32)29(36)18-35(24-13-12-21(4)22(5)16-24)40(38,39)25-14-10-20(3)11-15-25/h7-16,19,23H,17-18H2,1-6H3,(H,33,37)/t23-/m0/s1. The Labute approximate surface area is 247 Å². The average molecular weight is 605 g/mol. The first kappa shape index (κ1) is 31.5. The van der Waals surface area contributed by atoms with E-state index in [4.69, 9.17) is 23.2 Å². The lowest BCUT2D eigenvalue weighted by molar-refractivity contribution is -0.139. The molecule has 3 aromatic carbocycles. The van der Waals surface area contributed by atoms with Gasteiger partial charge in [0.1, 0.15) is 12.6 Å². The molecule has 1 atom stereocenters. The quantitative estimate of drug-likeness (QED) is 0.305. The summed E-state index contributed by atoms with van der Waals surface area (Å²) in [5, 5.41) is 3.49. The predicted molar refractivity (Wildman–Crippen MR) is 161 cm³/mol. The van der Waals surface area contributed by atoms with Crippen LogP contribution in [-0.2, 0) is 26.2 Å². The molecule has 0 spiro atoms. The van der Waals surface area contributed by atoms with Crippen LogP contribution in [0.25, 0.3) is 0 Å². The molecular formula is C30H35Cl2N3O4S. The summed E-state index contributed by atoms with van der Waals surface area (Å²) in [7, 11) is -4.15. The number of hydrogen-bond acceptors (Lipinski definition) is 4. The second-order valence-corrected chi connectivity index (χ2v) is 12.8. The molecule has 0 unspecified atom stereocenters. The van der Waals surface area contributed by atoms with Crippen molar-refractivity contribution in [2.24, 2.45) is 0 Å². The molecule has 214 valence electrons. The molecule has 0 fully saturated rings. The number of nitrogens with zero attached hydrogens (tertiary/aromatic N) is 2. The molecule has 0 heterocycles. The molecule has 0 aliphatic carbocycles. The molecule has 0 aliphatic heterocycles. The zero-order valence-electron chi connectivity index (χ0n) is 23.5. The highest BCUT2D eigenvalue weighted by Gasteiger charge is 2.33. The average Bonchev–Trinajstić information content (AvgIpc) is 2.88. The molecule has 7 nitrogen and oxygen atoms in total. The Balaban J connectivity index is 2.10. The van der Waals surface area contributed by atoms with E-state index in [-0.39, 0.29) is 23.4 Å². The number of sulfonamides is 1. The van der Waals surface area contributed by atoms with Gasteiger partial charge in [-0.25, -0.2) is 8.42 Å².